The molecule has 0 fully saturated rings. The van der Waals surface area contributed by atoms with E-state index < -0.39 is 29.6 Å². The van der Waals surface area contributed by atoms with E-state index in [-0.39, 0.29) is 18.5 Å². The van der Waals surface area contributed by atoms with Crippen molar-refractivity contribution >= 4 is 36.3 Å². The van der Waals surface area contributed by atoms with Gasteiger partial charge in [-0.15, -0.1) is 0 Å². The molecule has 3 aromatic carbocycles. The quantitative estimate of drug-likeness (QED) is 0.202. The van der Waals surface area contributed by atoms with Crippen LogP contribution in [0.1, 0.15) is 53.4 Å². The predicted octanol–water partition coefficient (Wildman–Crippen LogP) is 6.12. The van der Waals surface area contributed by atoms with E-state index in [0.717, 1.165) is 11.1 Å². The summed E-state index contributed by atoms with van der Waals surface area (Å²) in [4.78, 5) is 35.6. The number of rotatable bonds is 9. The molecular weight excluding hydrogens is 487 g/mol. The molecule has 2 amide bonds. The van der Waals surface area contributed by atoms with Crippen LogP contribution in [0.25, 0.3) is 12.2 Å². The van der Waals surface area contributed by atoms with Crippen LogP contribution in [0.15, 0.2) is 66.7 Å². The van der Waals surface area contributed by atoms with Gasteiger partial charge in [-0.1, -0.05) is 54.1 Å². The summed E-state index contributed by atoms with van der Waals surface area (Å²) < 4.78 is 24.9. The van der Waals surface area contributed by atoms with Gasteiger partial charge in [0.1, 0.15) is 11.4 Å². The molecule has 8 heteroatoms. The topological polar surface area (TPSA) is 93.7 Å². The van der Waals surface area contributed by atoms with Crippen molar-refractivity contribution in [2.45, 2.75) is 45.9 Å². The number of hydrogen-bond donors (Lipinski definition) is 2. The van der Waals surface area contributed by atoms with E-state index in [4.69, 9.17) is 9.47 Å². The van der Waals surface area contributed by atoms with Gasteiger partial charge in [-0.2, -0.15) is 0 Å². The van der Waals surface area contributed by atoms with Crippen LogP contribution < -0.4 is 10.6 Å². The van der Waals surface area contributed by atoms with Gasteiger partial charge < -0.3 is 14.8 Å². The molecule has 1 unspecified atom stereocenters. The summed E-state index contributed by atoms with van der Waals surface area (Å²) >= 11 is 0. The highest BCUT2D eigenvalue weighted by atomic mass is 19.1. The second kappa shape index (κ2) is 12.7. The van der Waals surface area contributed by atoms with Crippen molar-refractivity contribution < 1.29 is 28.2 Å². The van der Waals surface area contributed by atoms with Crippen molar-refractivity contribution in [3.8, 4) is 0 Å². The summed E-state index contributed by atoms with van der Waals surface area (Å²) in [6.45, 7) is 7.49. The highest BCUT2D eigenvalue weighted by Crippen LogP contribution is 2.17. The number of aryl methyl sites for hydroxylation is 1. The lowest BCUT2D eigenvalue weighted by molar-refractivity contribution is -0.134. The highest BCUT2D eigenvalue weighted by molar-refractivity contribution is 5.95. The first kappa shape index (κ1) is 28.1. The zero-order valence-electron chi connectivity index (χ0n) is 21.8. The van der Waals surface area contributed by atoms with Crippen LogP contribution in [0.3, 0.4) is 0 Å². The first-order valence-electron chi connectivity index (χ1n) is 12.1. The third-order valence-corrected chi connectivity index (χ3v) is 5.32. The molecule has 3 aromatic rings. The van der Waals surface area contributed by atoms with Crippen LogP contribution in [-0.2, 0) is 20.7 Å². The lowest BCUT2D eigenvalue weighted by Crippen LogP contribution is -2.38. The summed E-state index contributed by atoms with van der Waals surface area (Å²) in [5, 5.41) is 5.20. The molecule has 198 valence electrons. The van der Waals surface area contributed by atoms with E-state index in [9.17, 15) is 18.8 Å². The Bertz CT molecular complexity index is 1300. The molecule has 0 saturated carbocycles. The van der Waals surface area contributed by atoms with Crippen LogP contribution >= 0.6 is 0 Å². The molecule has 38 heavy (non-hydrogen) atoms. The standard InChI is InChI=1S/C30H31FN2O5/c1-20-5-7-21(8-6-20)9-11-23-12-10-22(17-26(23)31)18-27(37-19-34)33-28(35)24-13-15-25(16-14-24)32-29(36)38-30(2,3)4/h5-17,19,27H,18H2,1-4H3,(H,32,36)(H,33,35)/b11-9+. The van der Waals surface area contributed by atoms with Crippen molar-refractivity contribution in [3.63, 3.8) is 0 Å². The van der Waals surface area contributed by atoms with Gasteiger partial charge in [-0.05, 0) is 69.2 Å². The molecule has 7 nitrogen and oxygen atoms in total. The summed E-state index contributed by atoms with van der Waals surface area (Å²) in [5.74, 6) is -0.936. The lowest BCUT2D eigenvalue weighted by Gasteiger charge is -2.20. The Hall–Kier alpha value is -4.46. The molecule has 0 saturated heterocycles. The summed E-state index contributed by atoms with van der Waals surface area (Å²) in [6.07, 6.45) is 1.96. The monoisotopic (exact) mass is 518 g/mol. The number of ether oxygens (including phenoxy) is 2. The van der Waals surface area contributed by atoms with Gasteiger partial charge in [0, 0.05) is 23.2 Å². The third kappa shape index (κ3) is 8.89. The van der Waals surface area contributed by atoms with Crippen molar-refractivity contribution in [2.75, 3.05) is 5.32 Å². The van der Waals surface area contributed by atoms with Crippen LogP contribution in [0.2, 0.25) is 0 Å². The Kier molecular flexibility index (Phi) is 9.38. The molecule has 0 aromatic heterocycles. The average Bonchev–Trinajstić information content (AvgIpc) is 2.84. The summed E-state index contributed by atoms with van der Waals surface area (Å²) in [6, 6.07) is 18.7. The molecule has 0 heterocycles. The maximum atomic E-state index is 14.7. The van der Waals surface area contributed by atoms with E-state index in [2.05, 4.69) is 10.6 Å². The normalized spacial score (nSPS) is 12.0. The zero-order valence-corrected chi connectivity index (χ0v) is 21.8. The molecule has 0 aliphatic rings. The fraction of sp³-hybridized carbons (Fsp3) is 0.233. The van der Waals surface area contributed by atoms with Crippen LogP contribution in [0.4, 0.5) is 14.9 Å². The molecule has 1 atom stereocenters. The summed E-state index contributed by atoms with van der Waals surface area (Å²) in [7, 11) is 0. The van der Waals surface area contributed by atoms with Crippen LogP contribution in [-0.4, -0.2) is 30.3 Å². The van der Waals surface area contributed by atoms with E-state index in [1.165, 1.54) is 18.2 Å². The van der Waals surface area contributed by atoms with Crippen molar-refractivity contribution in [1.29, 1.82) is 0 Å². The molecular formula is C30H31FN2O5. The first-order valence-corrected chi connectivity index (χ1v) is 12.1. The Balaban J connectivity index is 1.61. The molecule has 0 radical (unpaired) electrons. The number of nitrogens with one attached hydrogen (secondary N) is 2. The SMILES string of the molecule is Cc1ccc(/C=C/c2ccc(CC(NC(=O)c3ccc(NC(=O)OC(C)(C)C)cc3)OC=O)cc2F)cc1. The third-order valence-electron chi connectivity index (χ3n) is 5.32. The number of amides is 2. The smallest absolute Gasteiger partial charge is 0.412 e. The number of carbonyl (C=O) groups is 3. The van der Waals surface area contributed by atoms with Crippen molar-refractivity contribution in [2.24, 2.45) is 0 Å². The molecule has 0 aliphatic heterocycles. The van der Waals surface area contributed by atoms with Gasteiger partial charge in [-0.3, -0.25) is 14.9 Å². The first-order chi connectivity index (χ1) is 18.0. The average molecular weight is 519 g/mol. The largest absolute Gasteiger partial charge is 0.444 e. The maximum absolute atomic E-state index is 14.7. The minimum Gasteiger partial charge on any atom is -0.444 e. The highest BCUT2D eigenvalue weighted by Gasteiger charge is 2.18. The Morgan fingerprint density at radius 2 is 1.66 bits per heavy atom. The minimum absolute atomic E-state index is 0.0711. The van der Waals surface area contributed by atoms with E-state index in [0.29, 0.717) is 16.8 Å². The van der Waals surface area contributed by atoms with Gasteiger partial charge >= 0.3 is 6.09 Å². The van der Waals surface area contributed by atoms with Gasteiger partial charge in [0.05, 0.1) is 0 Å². The summed E-state index contributed by atoms with van der Waals surface area (Å²) in [5.41, 5.74) is 3.13. The Labute approximate surface area is 221 Å². The van der Waals surface area contributed by atoms with Gasteiger partial charge in [0.25, 0.3) is 12.4 Å². The zero-order chi connectivity index (χ0) is 27.7. The van der Waals surface area contributed by atoms with Gasteiger partial charge in [0.2, 0.25) is 0 Å². The lowest BCUT2D eigenvalue weighted by atomic mass is 10.1. The molecule has 3 rings (SSSR count). The van der Waals surface area contributed by atoms with E-state index in [1.54, 1.807) is 51.1 Å². The molecule has 0 spiro atoms. The Morgan fingerprint density at radius 3 is 2.26 bits per heavy atom. The van der Waals surface area contributed by atoms with Gasteiger partial charge in [-0.25, -0.2) is 9.18 Å². The number of benzene rings is 3. The number of anilines is 1. The van der Waals surface area contributed by atoms with E-state index >= 15 is 0 Å². The fourth-order valence-electron chi connectivity index (χ4n) is 3.47. The second-order valence-electron chi connectivity index (χ2n) is 9.70. The fourth-order valence-corrected chi connectivity index (χ4v) is 3.47. The van der Waals surface area contributed by atoms with Crippen LogP contribution in [0, 0.1) is 12.7 Å². The number of hydrogen-bond acceptors (Lipinski definition) is 5. The van der Waals surface area contributed by atoms with E-state index in [1.807, 2.05) is 37.3 Å². The Morgan fingerprint density at radius 1 is 0.974 bits per heavy atom. The second-order valence-corrected chi connectivity index (χ2v) is 9.70. The van der Waals surface area contributed by atoms with Crippen molar-refractivity contribution in [1.82, 2.24) is 5.32 Å². The molecule has 0 bridgehead atoms. The van der Waals surface area contributed by atoms with Crippen molar-refractivity contribution in [3.05, 3.63) is 100 Å². The minimum atomic E-state index is -1.01. The molecule has 0 aliphatic carbocycles. The number of carbonyl (C=O) groups excluding carboxylic acids is 3. The van der Waals surface area contributed by atoms with Crippen LogP contribution in [0.5, 0.6) is 0 Å². The molecule has 2 N–H and O–H groups in total. The predicted molar refractivity (Wildman–Crippen MR) is 145 cm³/mol. The van der Waals surface area contributed by atoms with Gasteiger partial charge in [0.15, 0.2) is 6.23 Å². The number of halogens is 1. The maximum Gasteiger partial charge on any atom is 0.412 e.